The van der Waals surface area contributed by atoms with Gasteiger partial charge in [0, 0.05) is 6.04 Å². The summed E-state index contributed by atoms with van der Waals surface area (Å²) in [5.74, 6) is 3.76. The summed E-state index contributed by atoms with van der Waals surface area (Å²) in [5.41, 5.74) is 6.28. The van der Waals surface area contributed by atoms with Crippen molar-refractivity contribution in [1.29, 1.82) is 0 Å². The van der Waals surface area contributed by atoms with Crippen molar-refractivity contribution in [2.75, 3.05) is 0 Å². The number of hydrogen-bond acceptors (Lipinski definition) is 1. The van der Waals surface area contributed by atoms with Crippen LogP contribution < -0.4 is 5.73 Å². The van der Waals surface area contributed by atoms with Gasteiger partial charge in [-0.3, -0.25) is 0 Å². The van der Waals surface area contributed by atoms with Crippen molar-refractivity contribution in [1.82, 2.24) is 0 Å². The van der Waals surface area contributed by atoms with Crippen LogP contribution in [-0.4, -0.2) is 6.04 Å². The van der Waals surface area contributed by atoms with Crippen molar-refractivity contribution in [3.63, 3.8) is 0 Å². The summed E-state index contributed by atoms with van der Waals surface area (Å²) >= 11 is 0. The lowest BCUT2D eigenvalue weighted by molar-refractivity contribution is 0.242. The molecule has 0 aliphatic heterocycles. The lowest BCUT2D eigenvalue weighted by Gasteiger charge is -2.30. The van der Waals surface area contributed by atoms with Gasteiger partial charge in [-0.2, -0.15) is 0 Å². The quantitative estimate of drug-likeness (QED) is 0.712. The molecule has 0 heterocycles. The SMILES string of the molecule is CCC(C)C(N)C1CCC2CC2C1. The third-order valence-corrected chi connectivity index (χ3v) is 4.43. The highest BCUT2D eigenvalue weighted by atomic mass is 14.7. The Hall–Kier alpha value is -0.0400. The zero-order valence-corrected chi connectivity index (χ0v) is 9.00. The van der Waals surface area contributed by atoms with E-state index >= 15 is 0 Å². The van der Waals surface area contributed by atoms with Gasteiger partial charge in [-0.1, -0.05) is 20.3 Å². The van der Waals surface area contributed by atoms with E-state index in [1.54, 1.807) is 0 Å². The van der Waals surface area contributed by atoms with Gasteiger partial charge in [0.1, 0.15) is 0 Å². The van der Waals surface area contributed by atoms with Crippen LogP contribution in [0.2, 0.25) is 0 Å². The summed E-state index contributed by atoms with van der Waals surface area (Å²) in [6, 6.07) is 0.478. The summed E-state index contributed by atoms with van der Waals surface area (Å²) in [7, 11) is 0. The second-order valence-electron chi connectivity index (χ2n) is 5.29. The van der Waals surface area contributed by atoms with Gasteiger partial charge in [-0.15, -0.1) is 0 Å². The molecule has 2 N–H and O–H groups in total. The van der Waals surface area contributed by atoms with E-state index in [1.807, 2.05) is 0 Å². The first-order valence-corrected chi connectivity index (χ1v) is 5.98. The second-order valence-corrected chi connectivity index (χ2v) is 5.29. The molecule has 13 heavy (non-hydrogen) atoms. The summed E-state index contributed by atoms with van der Waals surface area (Å²) in [4.78, 5) is 0. The number of fused-ring (bicyclic) bond motifs is 1. The fourth-order valence-electron chi connectivity index (χ4n) is 2.97. The third-order valence-electron chi connectivity index (χ3n) is 4.43. The molecule has 0 aromatic carbocycles. The minimum atomic E-state index is 0.478. The van der Waals surface area contributed by atoms with E-state index in [0.717, 1.165) is 23.7 Å². The zero-order valence-electron chi connectivity index (χ0n) is 9.00. The molecule has 2 fully saturated rings. The Bertz CT molecular complexity index is 178. The fraction of sp³-hybridized carbons (Fsp3) is 1.00. The molecule has 0 saturated heterocycles. The second kappa shape index (κ2) is 3.61. The molecular formula is C12H23N. The van der Waals surface area contributed by atoms with E-state index in [2.05, 4.69) is 13.8 Å². The maximum absolute atomic E-state index is 6.28. The summed E-state index contributed by atoms with van der Waals surface area (Å²) in [6.45, 7) is 4.57. The van der Waals surface area contributed by atoms with Crippen LogP contribution in [0, 0.1) is 23.7 Å². The van der Waals surface area contributed by atoms with Crippen LogP contribution in [0.3, 0.4) is 0 Å². The van der Waals surface area contributed by atoms with E-state index in [4.69, 9.17) is 5.73 Å². The van der Waals surface area contributed by atoms with Crippen LogP contribution >= 0.6 is 0 Å². The maximum Gasteiger partial charge on any atom is 0.00930 e. The van der Waals surface area contributed by atoms with E-state index < -0.39 is 0 Å². The number of rotatable bonds is 3. The highest BCUT2D eigenvalue weighted by molar-refractivity contribution is 4.95. The van der Waals surface area contributed by atoms with Crippen LogP contribution in [-0.2, 0) is 0 Å². The Morgan fingerprint density at radius 2 is 2.00 bits per heavy atom. The predicted octanol–water partition coefficient (Wildman–Crippen LogP) is 2.80. The van der Waals surface area contributed by atoms with Gasteiger partial charge in [-0.25, -0.2) is 0 Å². The Morgan fingerprint density at radius 1 is 1.23 bits per heavy atom. The van der Waals surface area contributed by atoms with Crippen molar-refractivity contribution < 1.29 is 0 Å². The molecule has 2 aliphatic rings. The Balaban J connectivity index is 1.85. The highest BCUT2D eigenvalue weighted by Gasteiger charge is 2.43. The molecule has 1 nitrogen and oxygen atoms in total. The molecule has 2 aliphatic carbocycles. The Labute approximate surface area is 82.1 Å². The molecule has 2 rings (SSSR count). The molecule has 0 spiro atoms. The molecule has 0 bridgehead atoms. The van der Waals surface area contributed by atoms with Crippen LogP contribution in [0.1, 0.15) is 46.0 Å². The van der Waals surface area contributed by atoms with Crippen LogP contribution in [0.4, 0.5) is 0 Å². The summed E-state index contributed by atoms with van der Waals surface area (Å²) in [6.07, 6.45) is 7.08. The standard InChI is InChI=1S/C12H23N/c1-3-8(2)12(13)10-5-4-9-6-11(9)7-10/h8-12H,3-7,13H2,1-2H3. The lowest BCUT2D eigenvalue weighted by Crippen LogP contribution is -2.37. The average molecular weight is 181 g/mol. The van der Waals surface area contributed by atoms with Crippen molar-refractivity contribution >= 4 is 0 Å². The molecule has 1 heteroatoms. The predicted molar refractivity (Wildman–Crippen MR) is 56.4 cm³/mol. The lowest BCUT2D eigenvalue weighted by atomic mass is 9.79. The van der Waals surface area contributed by atoms with Gasteiger partial charge in [0.25, 0.3) is 0 Å². The van der Waals surface area contributed by atoms with Crippen molar-refractivity contribution in [3.05, 3.63) is 0 Å². The van der Waals surface area contributed by atoms with E-state index in [0.29, 0.717) is 6.04 Å². The van der Waals surface area contributed by atoms with Crippen molar-refractivity contribution in [3.8, 4) is 0 Å². The van der Waals surface area contributed by atoms with Crippen LogP contribution in [0.15, 0.2) is 0 Å². The first-order chi connectivity index (χ1) is 6.22. The molecular weight excluding hydrogens is 158 g/mol. The van der Waals surface area contributed by atoms with Gasteiger partial charge in [0.05, 0.1) is 0 Å². The fourth-order valence-corrected chi connectivity index (χ4v) is 2.97. The van der Waals surface area contributed by atoms with Gasteiger partial charge in [0.2, 0.25) is 0 Å². The summed E-state index contributed by atoms with van der Waals surface area (Å²) < 4.78 is 0. The molecule has 0 radical (unpaired) electrons. The van der Waals surface area contributed by atoms with Crippen molar-refractivity contribution in [2.45, 2.75) is 52.0 Å². The first-order valence-electron chi connectivity index (χ1n) is 5.98. The van der Waals surface area contributed by atoms with Crippen molar-refractivity contribution in [2.24, 2.45) is 29.4 Å². The van der Waals surface area contributed by atoms with E-state index in [9.17, 15) is 0 Å². The smallest absolute Gasteiger partial charge is 0.00930 e. The molecule has 0 aromatic rings. The molecule has 2 saturated carbocycles. The third kappa shape index (κ3) is 1.90. The zero-order chi connectivity index (χ0) is 9.42. The van der Waals surface area contributed by atoms with E-state index in [-0.39, 0.29) is 0 Å². The normalized spacial score (nSPS) is 42.2. The highest BCUT2D eigenvalue weighted by Crippen LogP contribution is 2.52. The van der Waals surface area contributed by atoms with Gasteiger partial charge < -0.3 is 5.73 Å². The number of nitrogens with two attached hydrogens (primary N) is 1. The first kappa shape index (κ1) is 9.51. The largest absolute Gasteiger partial charge is 0.327 e. The van der Waals surface area contributed by atoms with Gasteiger partial charge in [-0.05, 0) is 49.4 Å². The average Bonchev–Trinajstić information content (AvgIpc) is 2.92. The topological polar surface area (TPSA) is 26.0 Å². The molecule has 0 aromatic heterocycles. The number of hydrogen-bond donors (Lipinski definition) is 1. The molecule has 0 amide bonds. The summed E-state index contributed by atoms with van der Waals surface area (Å²) in [5, 5.41) is 0. The Kier molecular flexibility index (Phi) is 2.64. The van der Waals surface area contributed by atoms with Crippen LogP contribution in [0.5, 0.6) is 0 Å². The minimum Gasteiger partial charge on any atom is -0.327 e. The monoisotopic (exact) mass is 181 g/mol. The van der Waals surface area contributed by atoms with E-state index in [1.165, 1.54) is 32.1 Å². The molecule has 76 valence electrons. The van der Waals surface area contributed by atoms with Crippen LogP contribution in [0.25, 0.3) is 0 Å². The van der Waals surface area contributed by atoms with Gasteiger partial charge in [0.15, 0.2) is 0 Å². The Morgan fingerprint density at radius 3 is 2.62 bits per heavy atom. The molecule has 5 unspecified atom stereocenters. The van der Waals surface area contributed by atoms with Gasteiger partial charge >= 0.3 is 0 Å². The maximum atomic E-state index is 6.28. The minimum absolute atomic E-state index is 0.478. The molecule has 5 atom stereocenters.